The lowest BCUT2D eigenvalue weighted by atomic mass is 9.67. The summed E-state index contributed by atoms with van der Waals surface area (Å²) in [7, 11) is 0. The molecular weight excluding hydrogens is 373 g/mol. The van der Waals surface area contributed by atoms with Crippen LogP contribution in [0.1, 0.15) is 49.8 Å². The number of carbonyl (C=O) groups excluding carboxylic acids is 2. The number of ether oxygens (including phenoxy) is 1. The van der Waals surface area contributed by atoms with Crippen LogP contribution in [0.2, 0.25) is 0 Å². The molecule has 5 nitrogen and oxygen atoms in total. The fourth-order valence-electron chi connectivity index (χ4n) is 4.51. The van der Waals surface area contributed by atoms with Gasteiger partial charge in [-0.15, -0.1) is 0 Å². The lowest BCUT2D eigenvalue weighted by molar-refractivity contribution is -0.157. The fraction of sp³-hybridized carbons (Fsp3) is 0.650. The molecule has 0 unspecified atom stereocenters. The van der Waals surface area contributed by atoms with Gasteiger partial charge in [-0.2, -0.15) is 13.2 Å². The van der Waals surface area contributed by atoms with Crippen molar-refractivity contribution in [3.8, 4) is 5.88 Å². The second kappa shape index (κ2) is 6.74. The van der Waals surface area contributed by atoms with Crippen molar-refractivity contribution in [2.45, 2.75) is 57.7 Å². The molecule has 2 heterocycles. The molecule has 0 N–H and O–H groups in total. The molecule has 1 aromatic rings. The highest BCUT2D eigenvalue weighted by molar-refractivity contribution is 5.96. The first-order valence-electron chi connectivity index (χ1n) is 9.67. The standard InChI is InChI=1S/C20H23F3N2O3/c1-12-2-3-16(24-17(12)20(21,22)23)28-15-4-6-19(7-5-15)10-25(11-19)18(27)13-8-14(26)9-13/h2-3,13,15H,4-11H2,1H3. The van der Waals surface area contributed by atoms with Crippen molar-refractivity contribution in [3.63, 3.8) is 0 Å². The van der Waals surface area contributed by atoms with E-state index in [4.69, 9.17) is 4.74 Å². The zero-order chi connectivity index (χ0) is 20.1. The Morgan fingerprint density at radius 1 is 1.21 bits per heavy atom. The first kappa shape index (κ1) is 19.2. The van der Waals surface area contributed by atoms with Gasteiger partial charge in [-0.05, 0) is 38.2 Å². The van der Waals surface area contributed by atoms with E-state index >= 15 is 0 Å². The second-order valence-corrected chi connectivity index (χ2v) is 8.47. The van der Waals surface area contributed by atoms with Crippen LogP contribution < -0.4 is 4.74 Å². The topological polar surface area (TPSA) is 59.5 Å². The van der Waals surface area contributed by atoms with Gasteiger partial charge in [0.2, 0.25) is 11.8 Å². The quantitative estimate of drug-likeness (QED) is 0.784. The molecule has 2 aliphatic carbocycles. The van der Waals surface area contributed by atoms with Crippen LogP contribution in [0.15, 0.2) is 12.1 Å². The zero-order valence-electron chi connectivity index (χ0n) is 15.7. The van der Waals surface area contributed by atoms with Crippen molar-refractivity contribution in [2.24, 2.45) is 11.3 Å². The first-order chi connectivity index (χ1) is 13.2. The minimum atomic E-state index is -4.49. The molecule has 1 aliphatic heterocycles. The third-order valence-electron chi connectivity index (χ3n) is 6.28. The minimum Gasteiger partial charge on any atom is -0.474 e. The summed E-state index contributed by atoms with van der Waals surface area (Å²) in [6.07, 6.45) is -0.666. The average Bonchev–Trinajstić information content (AvgIpc) is 2.58. The Kier molecular flexibility index (Phi) is 4.62. The molecule has 1 spiro atoms. The van der Waals surface area contributed by atoms with E-state index in [0.717, 1.165) is 25.7 Å². The number of alkyl halides is 3. The van der Waals surface area contributed by atoms with Crippen LogP contribution in [0.25, 0.3) is 0 Å². The molecule has 0 atom stereocenters. The van der Waals surface area contributed by atoms with Gasteiger partial charge in [-0.25, -0.2) is 4.98 Å². The summed E-state index contributed by atoms with van der Waals surface area (Å²) >= 11 is 0. The number of pyridine rings is 1. The Bertz CT molecular complexity index is 784. The number of hydrogen-bond donors (Lipinski definition) is 0. The van der Waals surface area contributed by atoms with E-state index in [1.54, 1.807) is 0 Å². The minimum absolute atomic E-state index is 0.0129. The molecule has 2 saturated carbocycles. The molecule has 1 aromatic heterocycles. The van der Waals surface area contributed by atoms with Crippen LogP contribution in [-0.2, 0) is 15.8 Å². The van der Waals surface area contributed by atoms with Gasteiger partial charge in [-0.1, -0.05) is 6.07 Å². The predicted octanol–water partition coefficient (Wildman–Crippen LogP) is 3.54. The highest BCUT2D eigenvalue weighted by atomic mass is 19.4. The van der Waals surface area contributed by atoms with E-state index in [0.29, 0.717) is 25.9 Å². The smallest absolute Gasteiger partial charge is 0.433 e. The summed E-state index contributed by atoms with van der Waals surface area (Å²) in [5.74, 6) is 0.135. The number of ketones is 1. The molecule has 3 fully saturated rings. The monoisotopic (exact) mass is 396 g/mol. The molecule has 4 rings (SSSR count). The largest absolute Gasteiger partial charge is 0.474 e. The van der Waals surface area contributed by atoms with Gasteiger partial charge in [0.25, 0.3) is 0 Å². The molecule has 0 radical (unpaired) electrons. The molecule has 1 saturated heterocycles. The van der Waals surface area contributed by atoms with Gasteiger partial charge in [0.15, 0.2) is 5.69 Å². The Labute approximate surface area is 161 Å². The number of Topliss-reactive ketones (excluding diaryl/α,β-unsaturated/α-hetero) is 1. The van der Waals surface area contributed by atoms with Crippen LogP contribution in [0.4, 0.5) is 13.2 Å². The summed E-state index contributed by atoms with van der Waals surface area (Å²) in [4.78, 5) is 28.8. The number of halogens is 3. The highest BCUT2D eigenvalue weighted by Gasteiger charge is 2.49. The average molecular weight is 396 g/mol. The Morgan fingerprint density at radius 2 is 1.86 bits per heavy atom. The SMILES string of the molecule is Cc1ccc(OC2CCC3(CC2)CN(C(=O)C2CC(=O)C2)C3)nc1C(F)(F)F. The van der Waals surface area contributed by atoms with Crippen molar-refractivity contribution < 1.29 is 27.5 Å². The van der Waals surface area contributed by atoms with Crippen molar-refractivity contribution in [2.75, 3.05) is 13.1 Å². The Morgan fingerprint density at radius 3 is 2.43 bits per heavy atom. The lowest BCUT2D eigenvalue weighted by Crippen LogP contribution is -2.62. The summed E-state index contributed by atoms with van der Waals surface area (Å²) in [5.41, 5.74) is -0.726. The number of hydrogen-bond acceptors (Lipinski definition) is 4. The molecular formula is C20H23F3N2O3. The molecule has 0 bridgehead atoms. The van der Waals surface area contributed by atoms with Crippen molar-refractivity contribution in [1.82, 2.24) is 9.88 Å². The summed E-state index contributed by atoms with van der Waals surface area (Å²) < 4.78 is 44.7. The van der Waals surface area contributed by atoms with Gasteiger partial charge in [0.1, 0.15) is 11.9 Å². The van der Waals surface area contributed by atoms with Crippen molar-refractivity contribution in [3.05, 3.63) is 23.4 Å². The van der Waals surface area contributed by atoms with E-state index in [1.807, 2.05) is 4.90 Å². The number of nitrogens with zero attached hydrogens (tertiary/aromatic N) is 2. The van der Waals surface area contributed by atoms with E-state index in [1.165, 1.54) is 19.1 Å². The summed E-state index contributed by atoms with van der Waals surface area (Å²) in [6, 6.07) is 2.87. The molecule has 3 aliphatic rings. The number of rotatable bonds is 3. The number of aryl methyl sites for hydroxylation is 1. The van der Waals surface area contributed by atoms with E-state index in [9.17, 15) is 22.8 Å². The lowest BCUT2D eigenvalue weighted by Gasteiger charge is -2.54. The molecule has 8 heteroatoms. The van der Waals surface area contributed by atoms with Gasteiger partial charge >= 0.3 is 6.18 Å². The molecule has 0 aromatic carbocycles. The number of carbonyl (C=O) groups is 2. The van der Waals surface area contributed by atoms with Crippen molar-refractivity contribution >= 4 is 11.7 Å². The van der Waals surface area contributed by atoms with Gasteiger partial charge in [0, 0.05) is 37.4 Å². The molecule has 1 amide bonds. The van der Waals surface area contributed by atoms with Gasteiger partial charge in [-0.3, -0.25) is 9.59 Å². The Hall–Kier alpha value is -2.12. The molecule has 28 heavy (non-hydrogen) atoms. The normalized spacial score (nSPS) is 22.7. The zero-order valence-corrected chi connectivity index (χ0v) is 15.7. The maximum Gasteiger partial charge on any atom is 0.433 e. The van der Waals surface area contributed by atoms with Crippen LogP contribution in [0.5, 0.6) is 5.88 Å². The van der Waals surface area contributed by atoms with E-state index in [-0.39, 0.29) is 40.6 Å². The number of aromatic nitrogens is 1. The molecule has 152 valence electrons. The van der Waals surface area contributed by atoms with Crippen LogP contribution in [-0.4, -0.2) is 40.8 Å². The third kappa shape index (κ3) is 3.61. The third-order valence-corrected chi connectivity index (χ3v) is 6.28. The summed E-state index contributed by atoms with van der Waals surface area (Å²) in [5, 5.41) is 0. The van der Waals surface area contributed by atoms with E-state index in [2.05, 4.69) is 4.98 Å². The number of amides is 1. The number of likely N-dealkylation sites (tertiary alicyclic amines) is 1. The van der Waals surface area contributed by atoms with Crippen LogP contribution in [0.3, 0.4) is 0 Å². The van der Waals surface area contributed by atoms with E-state index < -0.39 is 11.9 Å². The Balaban J connectivity index is 1.29. The van der Waals surface area contributed by atoms with Gasteiger partial charge < -0.3 is 9.64 Å². The first-order valence-corrected chi connectivity index (χ1v) is 9.67. The fourth-order valence-corrected chi connectivity index (χ4v) is 4.51. The van der Waals surface area contributed by atoms with Gasteiger partial charge in [0.05, 0.1) is 5.92 Å². The highest BCUT2D eigenvalue weighted by Crippen LogP contribution is 2.45. The second-order valence-electron chi connectivity index (χ2n) is 8.47. The maximum atomic E-state index is 13.0. The van der Waals surface area contributed by atoms with Crippen LogP contribution >= 0.6 is 0 Å². The van der Waals surface area contributed by atoms with Crippen molar-refractivity contribution in [1.29, 1.82) is 0 Å². The predicted molar refractivity (Wildman–Crippen MR) is 93.6 cm³/mol. The van der Waals surface area contributed by atoms with Crippen LogP contribution in [0, 0.1) is 18.3 Å². The summed E-state index contributed by atoms with van der Waals surface area (Å²) in [6.45, 7) is 2.81. The maximum absolute atomic E-state index is 13.0.